The summed E-state index contributed by atoms with van der Waals surface area (Å²) in [6, 6.07) is 17.3. The molecule has 4 bridgehead atoms. The fourth-order valence-electron chi connectivity index (χ4n) is 8.67. The average Bonchev–Trinajstić information content (AvgIpc) is 3.69. The summed E-state index contributed by atoms with van der Waals surface area (Å²) in [5.74, 6) is 0.753. The van der Waals surface area contributed by atoms with E-state index in [2.05, 4.69) is 20.4 Å². The van der Waals surface area contributed by atoms with Gasteiger partial charge in [-0.25, -0.2) is 14.8 Å². The third-order valence-electron chi connectivity index (χ3n) is 10.4. The molecule has 3 aromatic heterocycles. The summed E-state index contributed by atoms with van der Waals surface area (Å²) in [7, 11) is 0. The molecule has 6 heterocycles. The smallest absolute Gasteiger partial charge is 0.355 e. The van der Waals surface area contributed by atoms with Gasteiger partial charge >= 0.3 is 5.97 Å². The SMILES string of the molecule is O=C(Nc1nc2ccccc2s1)c1cccc2c1CN(c1ccc(-c3cnn(CC45CC6CC(CC(C6)O4)C5)c3)c(C(=O)O)n1)CC2. The number of aromatic carboxylic acids is 1. The molecular formula is C36H34N6O4S. The summed E-state index contributed by atoms with van der Waals surface area (Å²) < 4.78 is 9.50. The fraction of sp³-hybridized carbons (Fsp3) is 0.361. The predicted molar refractivity (Wildman–Crippen MR) is 179 cm³/mol. The van der Waals surface area contributed by atoms with Gasteiger partial charge in [0.25, 0.3) is 5.91 Å². The fourth-order valence-corrected chi connectivity index (χ4v) is 9.53. The Hall–Kier alpha value is -4.61. The highest BCUT2D eigenvalue weighted by atomic mass is 32.1. The largest absolute Gasteiger partial charge is 0.476 e. The summed E-state index contributed by atoms with van der Waals surface area (Å²) in [5.41, 5.74) is 4.53. The first kappa shape index (κ1) is 28.6. The van der Waals surface area contributed by atoms with Gasteiger partial charge in [0.15, 0.2) is 10.8 Å². The molecule has 0 spiro atoms. The minimum Gasteiger partial charge on any atom is -0.476 e. The highest BCUT2D eigenvalue weighted by Crippen LogP contribution is 2.53. The molecule has 2 atom stereocenters. The van der Waals surface area contributed by atoms with Crippen LogP contribution in [0.25, 0.3) is 21.3 Å². The van der Waals surface area contributed by atoms with Crippen LogP contribution in [0, 0.1) is 11.8 Å². The molecule has 5 aliphatic rings. The Kier molecular flexibility index (Phi) is 6.69. The van der Waals surface area contributed by atoms with Gasteiger partial charge in [-0.2, -0.15) is 5.10 Å². The number of pyridine rings is 1. The van der Waals surface area contributed by atoms with Crippen molar-refractivity contribution in [3.63, 3.8) is 0 Å². The second-order valence-electron chi connectivity index (χ2n) is 13.6. The first-order valence-corrected chi connectivity index (χ1v) is 17.2. The number of anilines is 2. The molecule has 2 N–H and O–H groups in total. The number of carboxylic acid groups (broad SMARTS) is 1. The molecule has 10 rings (SSSR count). The molecule has 2 unspecified atom stereocenters. The molecule has 2 aliphatic carbocycles. The van der Waals surface area contributed by atoms with E-state index in [9.17, 15) is 14.7 Å². The number of carbonyl (C=O) groups is 2. The second-order valence-corrected chi connectivity index (χ2v) is 14.7. The van der Waals surface area contributed by atoms with Crippen molar-refractivity contribution in [3.8, 4) is 11.1 Å². The lowest BCUT2D eigenvalue weighted by molar-refractivity contribution is -0.226. The lowest BCUT2D eigenvalue weighted by Gasteiger charge is -2.56. The highest BCUT2D eigenvalue weighted by Gasteiger charge is 2.52. The van der Waals surface area contributed by atoms with E-state index in [4.69, 9.17) is 4.74 Å². The topological polar surface area (TPSA) is 122 Å². The first-order chi connectivity index (χ1) is 22.9. The molecule has 0 radical (unpaired) electrons. The number of carbonyl (C=O) groups excluding carboxylic acids is 1. The number of aromatic nitrogens is 4. The standard InChI is InChI=1S/C36H34N6O4S/c43-33(40-35-38-29-6-1-2-7-30(29)47-35)27-5-3-4-23-10-11-41(19-28(23)27)31-9-8-26(32(39-31)34(44)45)24-17-37-42(18-24)20-36-15-21-12-22(16-36)14-25(13-21)46-36/h1-9,17-18,21-22,25H,10-16,19-20H2,(H,44,45)(H,38,40,43). The van der Waals surface area contributed by atoms with Crippen molar-refractivity contribution in [3.05, 3.63) is 89.4 Å². The molecule has 2 aromatic carbocycles. The summed E-state index contributed by atoms with van der Waals surface area (Å²) in [4.78, 5) is 37.3. The Balaban J connectivity index is 0.953. The van der Waals surface area contributed by atoms with Gasteiger partial charge in [-0.05, 0) is 91.8 Å². The molecule has 47 heavy (non-hydrogen) atoms. The lowest BCUT2D eigenvalue weighted by Crippen LogP contribution is -2.56. The van der Waals surface area contributed by atoms with Crippen molar-refractivity contribution in [2.45, 2.75) is 63.3 Å². The van der Waals surface area contributed by atoms with E-state index < -0.39 is 5.97 Å². The monoisotopic (exact) mass is 646 g/mol. The van der Waals surface area contributed by atoms with E-state index >= 15 is 0 Å². The van der Waals surface area contributed by atoms with Gasteiger partial charge in [0.05, 0.1) is 34.7 Å². The summed E-state index contributed by atoms with van der Waals surface area (Å²) in [6.07, 6.45) is 10.6. The zero-order chi connectivity index (χ0) is 31.7. The number of carboxylic acids is 1. The molecule has 2 saturated heterocycles. The van der Waals surface area contributed by atoms with Crippen molar-refractivity contribution in [2.75, 3.05) is 16.8 Å². The quantitative estimate of drug-likeness (QED) is 0.208. The van der Waals surface area contributed by atoms with E-state index in [1.807, 2.05) is 70.4 Å². The van der Waals surface area contributed by atoms with Crippen LogP contribution in [0.1, 0.15) is 64.1 Å². The predicted octanol–water partition coefficient (Wildman–Crippen LogP) is 6.42. The molecule has 1 amide bonds. The number of nitrogens with one attached hydrogen (secondary N) is 1. The Labute approximate surface area is 275 Å². The van der Waals surface area contributed by atoms with Crippen LogP contribution in [0.4, 0.5) is 10.9 Å². The number of fused-ring (bicyclic) bond motifs is 2. The number of hydrogen-bond donors (Lipinski definition) is 2. The number of para-hydroxylation sites is 1. The van der Waals surface area contributed by atoms with Crippen molar-refractivity contribution in [2.24, 2.45) is 11.8 Å². The van der Waals surface area contributed by atoms with Crippen molar-refractivity contribution in [1.29, 1.82) is 0 Å². The van der Waals surface area contributed by atoms with E-state index in [1.54, 1.807) is 6.20 Å². The van der Waals surface area contributed by atoms with Gasteiger partial charge in [-0.1, -0.05) is 35.6 Å². The molecular weight excluding hydrogens is 613 g/mol. The number of thiazole rings is 1. The third kappa shape index (κ3) is 5.18. The van der Waals surface area contributed by atoms with Crippen LogP contribution in [0.5, 0.6) is 0 Å². The summed E-state index contributed by atoms with van der Waals surface area (Å²) >= 11 is 1.44. The minimum absolute atomic E-state index is 0.0132. The van der Waals surface area contributed by atoms with Crippen molar-refractivity contribution >= 4 is 44.4 Å². The normalized spacial score (nSPS) is 24.4. The van der Waals surface area contributed by atoms with E-state index in [1.165, 1.54) is 30.6 Å². The lowest BCUT2D eigenvalue weighted by atomic mass is 9.62. The molecule has 2 saturated carbocycles. The Bertz CT molecular complexity index is 1980. The number of benzene rings is 2. The van der Waals surface area contributed by atoms with Crippen LogP contribution < -0.4 is 10.2 Å². The minimum atomic E-state index is -1.09. The van der Waals surface area contributed by atoms with E-state index in [-0.39, 0.29) is 17.2 Å². The van der Waals surface area contributed by atoms with Crippen LogP contribution in [0.2, 0.25) is 0 Å². The van der Waals surface area contributed by atoms with Crippen molar-refractivity contribution < 1.29 is 19.4 Å². The van der Waals surface area contributed by atoms with Gasteiger partial charge in [0, 0.05) is 36.0 Å². The van der Waals surface area contributed by atoms with Crippen LogP contribution in [0.15, 0.2) is 67.0 Å². The van der Waals surface area contributed by atoms with Gasteiger partial charge in [-0.15, -0.1) is 0 Å². The number of nitrogens with zero attached hydrogens (tertiary/aromatic N) is 5. The molecule has 5 aromatic rings. The van der Waals surface area contributed by atoms with Gasteiger partial charge in [0.2, 0.25) is 0 Å². The van der Waals surface area contributed by atoms with Gasteiger partial charge in [-0.3, -0.25) is 14.8 Å². The van der Waals surface area contributed by atoms with Gasteiger partial charge < -0.3 is 14.7 Å². The number of ether oxygens (including phenoxy) is 1. The maximum Gasteiger partial charge on any atom is 0.355 e. The Morgan fingerprint density at radius 2 is 1.87 bits per heavy atom. The average molecular weight is 647 g/mol. The molecule has 238 valence electrons. The molecule has 11 heteroatoms. The van der Waals surface area contributed by atoms with Crippen molar-refractivity contribution in [1.82, 2.24) is 19.7 Å². The number of rotatable bonds is 7. The second kappa shape index (κ2) is 11.0. The summed E-state index contributed by atoms with van der Waals surface area (Å²) in [5, 5.41) is 18.4. The van der Waals surface area contributed by atoms with E-state index in [0.717, 1.165) is 51.6 Å². The van der Waals surface area contributed by atoms with E-state index in [0.29, 0.717) is 54.2 Å². The molecule has 3 aliphatic heterocycles. The van der Waals surface area contributed by atoms with Crippen LogP contribution in [-0.2, 0) is 24.2 Å². The Morgan fingerprint density at radius 3 is 2.68 bits per heavy atom. The number of hydrogen-bond acceptors (Lipinski definition) is 8. The Morgan fingerprint density at radius 1 is 1.02 bits per heavy atom. The third-order valence-corrected chi connectivity index (χ3v) is 11.4. The zero-order valence-electron chi connectivity index (χ0n) is 25.8. The highest BCUT2D eigenvalue weighted by molar-refractivity contribution is 7.22. The van der Waals surface area contributed by atoms with Gasteiger partial charge in [0.1, 0.15) is 5.82 Å². The zero-order valence-corrected chi connectivity index (χ0v) is 26.6. The first-order valence-electron chi connectivity index (χ1n) is 16.4. The molecule has 4 fully saturated rings. The number of amides is 1. The van der Waals surface area contributed by atoms with Crippen LogP contribution in [0.3, 0.4) is 0 Å². The van der Waals surface area contributed by atoms with Crippen LogP contribution in [-0.4, -0.2) is 55.0 Å². The maximum absolute atomic E-state index is 13.5. The maximum atomic E-state index is 13.5. The summed E-state index contributed by atoms with van der Waals surface area (Å²) in [6.45, 7) is 1.78. The van der Waals surface area contributed by atoms with Crippen LogP contribution >= 0.6 is 11.3 Å². The molecule has 10 nitrogen and oxygen atoms in total.